The van der Waals surface area contributed by atoms with Crippen LogP contribution < -0.4 is 5.32 Å². The Morgan fingerprint density at radius 3 is 2.38 bits per heavy atom. The van der Waals surface area contributed by atoms with E-state index in [-0.39, 0.29) is 18.1 Å². The topological polar surface area (TPSA) is 69.5 Å². The average Bonchev–Trinajstić information content (AvgIpc) is 3.27. The fourth-order valence-corrected chi connectivity index (χ4v) is 5.61. The van der Waals surface area contributed by atoms with Gasteiger partial charge in [-0.05, 0) is 50.7 Å². The highest BCUT2D eigenvalue weighted by atomic mass is 19.3. The summed E-state index contributed by atoms with van der Waals surface area (Å²) < 4.78 is 27.6. The quantitative estimate of drug-likeness (QED) is 0.453. The van der Waals surface area contributed by atoms with Crippen LogP contribution >= 0.6 is 0 Å². The van der Waals surface area contributed by atoms with E-state index >= 15 is 0 Å². The molecule has 2 aromatic heterocycles. The Morgan fingerprint density at radius 1 is 1.03 bits per heavy atom. The molecule has 0 spiro atoms. The van der Waals surface area contributed by atoms with Gasteiger partial charge in [0.05, 0.1) is 12.6 Å². The summed E-state index contributed by atoms with van der Waals surface area (Å²) in [5, 5.41) is 13.5. The number of nitrogens with zero attached hydrogens (tertiary/aromatic N) is 5. The van der Waals surface area contributed by atoms with Crippen LogP contribution in [-0.4, -0.2) is 80.7 Å². The lowest BCUT2D eigenvalue weighted by Gasteiger charge is -2.36. The van der Waals surface area contributed by atoms with E-state index in [1.54, 1.807) is 6.20 Å². The van der Waals surface area contributed by atoms with Crippen LogP contribution in [0.5, 0.6) is 0 Å². The molecule has 200 valence electrons. The molecule has 5 rings (SSSR count). The number of fused-ring (bicyclic) bond motifs is 1. The van der Waals surface area contributed by atoms with E-state index in [4.69, 9.17) is 0 Å². The van der Waals surface area contributed by atoms with Gasteiger partial charge in [0.1, 0.15) is 5.65 Å². The standard InChI is InChI=1S/C28H38F2N6O/c1-19(2)35-13-11-34(12-14-35)17-20-3-5-21(6-4-20)25-18-36(22-7-9-23(37)10-8-22)27-24(25)15-31-28(33-27)32-16-26(29)30/h3-6,15,18-19,22-23,26,37H,7-14,16-17H2,1-2H3,(H,31,32,33)/t22-,23-. The normalized spacial score (nSPS) is 21.8. The number of aromatic nitrogens is 3. The summed E-state index contributed by atoms with van der Waals surface area (Å²) in [5.74, 6) is 0.211. The van der Waals surface area contributed by atoms with Crippen LogP contribution in [0.1, 0.15) is 51.1 Å². The maximum Gasteiger partial charge on any atom is 0.255 e. The lowest BCUT2D eigenvalue weighted by molar-refractivity contribution is 0.104. The van der Waals surface area contributed by atoms with Crippen molar-refractivity contribution in [3.63, 3.8) is 0 Å². The second-order valence-corrected chi connectivity index (χ2v) is 10.7. The smallest absolute Gasteiger partial charge is 0.255 e. The third-order valence-corrected chi connectivity index (χ3v) is 7.85. The molecule has 1 aliphatic heterocycles. The van der Waals surface area contributed by atoms with Gasteiger partial charge in [0.15, 0.2) is 0 Å². The molecule has 2 N–H and O–H groups in total. The number of aliphatic hydroxyl groups is 1. The number of aliphatic hydroxyl groups excluding tert-OH is 1. The molecule has 1 saturated carbocycles. The highest BCUT2D eigenvalue weighted by molar-refractivity contribution is 5.94. The van der Waals surface area contributed by atoms with Gasteiger partial charge in [-0.2, -0.15) is 4.98 Å². The number of hydrogen-bond donors (Lipinski definition) is 2. The van der Waals surface area contributed by atoms with Gasteiger partial charge < -0.3 is 15.0 Å². The zero-order valence-electron chi connectivity index (χ0n) is 21.8. The molecule has 7 nitrogen and oxygen atoms in total. The van der Waals surface area contributed by atoms with Gasteiger partial charge in [-0.3, -0.25) is 9.80 Å². The minimum absolute atomic E-state index is 0.210. The Labute approximate surface area is 217 Å². The van der Waals surface area contributed by atoms with Crippen molar-refractivity contribution in [3.8, 4) is 11.1 Å². The van der Waals surface area contributed by atoms with Gasteiger partial charge in [-0.1, -0.05) is 24.3 Å². The number of hydrogen-bond acceptors (Lipinski definition) is 6. The molecule has 0 amide bonds. The molecule has 0 atom stereocenters. The molecule has 3 heterocycles. The highest BCUT2D eigenvalue weighted by Gasteiger charge is 2.25. The number of alkyl halides is 2. The average molecular weight is 513 g/mol. The van der Waals surface area contributed by atoms with Crippen LogP contribution in [0.4, 0.5) is 14.7 Å². The summed E-state index contributed by atoms with van der Waals surface area (Å²) in [6.45, 7) is 9.38. The first-order chi connectivity index (χ1) is 17.9. The molecule has 2 aliphatic rings. The van der Waals surface area contributed by atoms with E-state index in [9.17, 15) is 13.9 Å². The zero-order valence-corrected chi connectivity index (χ0v) is 21.8. The second kappa shape index (κ2) is 11.4. The van der Waals surface area contributed by atoms with Crippen molar-refractivity contribution in [3.05, 3.63) is 42.2 Å². The van der Waals surface area contributed by atoms with Gasteiger partial charge in [0.2, 0.25) is 5.95 Å². The van der Waals surface area contributed by atoms with E-state index in [0.717, 1.165) is 80.6 Å². The summed E-state index contributed by atoms with van der Waals surface area (Å²) in [4.78, 5) is 14.0. The monoisotopic (exact) mass is 512 g/mol. The van der Waals surface area contributed by atoms with Crippen molar-refractivity contribution in [2.45, 2.75) is 70.7 Å². The summed E-state index contributed by atoms with van der Waals surface area (Å²) in [6, 6.07) is 9.52. The Bertz CT molecular complexity index is 1170. The summed E-state index contributed by atoms with van der Waals surface area (Å²) in [7, 11) is 0. The van der Waals surface area contributed by atoms with Crippen molar-refractivity contribution in [1.29, 1.82) is 0 Å². The third kappa shape index (κ3) is 6.10. The van der Waals surface area contributed by atoms with E-state index in [1.165, 1.54) is 5.56 Å². The second-order valence-electron chi connectivity index (χ2n) is 10.7. The van der Waals surface area contributed by atoms with E-state index in [1.807, 2.05) is 0 Å². The summed E-state index contributed by atoms with van der Waals surface area (Å²) >= 11 is 0. The highest BCUT2D eigenvalue weighted by Crippen LogP contribution is 2.36. The fraction of sp³-hybridized carbons (Fsp3) is 0.571. The Hall–Kier alpha value is -2.62. The third-order valence-electron chi connectivity index (χ3n) is 7.85. The fourth-order valence-electron chi connectivity index (χ4n) is 5.61. The van der Waals surface area contributed by atoms with E-state index < -0.39 is 13.0 Å². The van der Waals surface area contributed by atoms with Crippen molar-refractivity contribution >= 4 is 17.0 Å². The molecular formula is C28H38F2N6O. The molecule has 0 unspecified atom stereocenters. The lowest BCUT2D eigenvalue weighted by Crippen LogP contribution is -2.48. The minimum atomic E-state index is -2.47. The van der Waals surface area contributed by atoms with Gasteiger partial charge in [0.25, 0.3) is 6.43 Å². The largest absolute Gasteiger partial charge is 0.393 e. The van der Waals surface area contributed by atoms with Crippen molar-refractivity contribution < 1.29 is 13.9 Å². The number of rotatable bonds is 8. The summed E-state index contributed by atoms with van der Waals surface area (Å²) in [5.41, 5.74) is 4.17. The van der Waals surface area contributed by atoms with Crippen molar-refractivity contribution in [2.24, 2.45) is 0 Å². The van der Waals surface area contributed by atoms with Crippen LogP contribution in [0.15, 0.2) is 36.7 Å². The van der Waals surface area contributed by atoms with Crippen molar-refractivity contribution in [1.82, 2.24) is 24.3 Å². The molecule has 9 heteroatoms. The summed E-state index contributed by atoms with van der Waals surface area (Å²) in [6.07, 6.45) is 4.35. The lowest BCUT2D eigenvalue weighted by atomic mass is 9.93. The first-order valence-electron chi connectivity index (χ1n) is 13.5. The molecule has 0 radical (unpaired) electrons. The number of halogens is 2. The maximum atomic E-state index is 12.7. The first kappa shape index (κ1) is 26.0. The minimum Gasteiger partial charge on any atom is -0.393 e. The Balaban J connectivity index is 1.38. The predicted octanol–water partition coefficient (Wildman–Crippen LogP) is 4.78. The predicted molar refractivity (Wildman–Crippen MR) is 143 cm³/mol. The first-order valence-corrected chi connectivity index (χ1v) is 13.5. The SMILES string of the molecule is CC(C)N1CCN(Cc2ccc(-c3cn([C@H]4CC[C@H](O)CC4)c4nc(NCC(F)F)ncc34)cc2)CC1. The number of anilines is 1. The maximum absolute atomic E-state index is 12.7. The van der Waals surface area contributed by atoms with Gasteiger partial charge in [0, 0.05) is 68.2 Å². The molecule has 1 saturated heterocycles. The van der Waals surface area contributed by atoms with Crippen LogP contribution in [0.2, 0.25) is 0 Å². The molecule has 37 heavy (non-hydrogen) atoms. The number of piperazine rings is 1. The molecule has 1 aliphatic carbocycles. The van der Waals surface area contributed by atoms with Crippen LogP contribution in [0.3, 0.4) is 0 Å². The van der Waals surface area contributed by atoms with E-state index in [0.29, 0.717) is 6.04 Å². The molecule has 3 aromatic rings. The van der Waals surface area contributed by atoms with Crippen molar-refractivity contribution in [2.75, 3.05) is 38.0 Å². The van der Waals surface area contributed by atoms with Gasteiger partial charge in [-0.15, -0.1) is 0 Å². The van der Waals surface area contributed by atoms with Crippen LogP contribution in [0, 0.1) is 0 Å². The zero-order chi connectivity index (χ0) is 25.9. The van der Waals surface area contributed by atoms with Crippen LogP contribution in [-0.2, 0) is 6.54 Å². The van der Waals surface area contributed by atoms with Gasteiger partial charge in [-0.25, -0.2) is 13.8 Å². The number of benzene rings is 1. The van der Waals surface area contributed by atoms with Crippen LogP contribution in [0.25, 0.3) is 22.2 Å². The Kier molecular flexibility index (Phi) is 8.02. The molecule has 1 aromatic carbocycles. The molecule has 2 fully saturated rings. The molecular weight excluding hydrogens is 474 g/mol. The molecule has 0 bridgehead atoms. The number of nitrogens with one attached hydrogen (secondary N) is 1. The Morgan fingerprint density at radius 2 is 1.73 bits per heavy atom. The van der Waals surface area contributed by atoms with Gasteiger partial charge >= 0.3 is 0 Å². The van der Waals surface area contributed by atoms with E-state index in [2.05, 4.69) is 74.0 Å².